The Morgan fingerprint density at radius 3 is 2.28 bits per heavy atom. The number of esters is 1. The zero-order valence-electron chi connectivity index (χ0n) is 22.1. The molecule has 1 aromatic rings. The Kier molecular flexibility index (Phi) is 11.4. The average molecular weight is 507 g/mol. The van der Waals surface area contributed by atoms with Crippen molar-refractivity contribution in [2.24, 2.45) is 5.73 Å². The van der Waals surface area contributed by atoms with Crippen molar-refractivity contribution in [1.29, 1.82) is 0 Å². The third kappa shape index (κ3) is 9.93. The van der Waals surface area contributed by atoms with E-state index in [1.807, 2.05) is 13.0 Å². The second-order valence-electron chi connectivity index (χ2n) is 9.43. The minimum atomic E-state index is -1.36. The molecule has 0 saturated carbocycles. The number of primary amides is 1. The molecule has 36 heavy (non-hydrogen) atoms. The second-order valence-corrected chi connectivity index (χ2v) is 9.43. The van der Waals surface area contributed by atoms with Gasteiger partial charge in [-0.05, 0) is 52.7 Å². The fourth-order valence-corrected chi connectivity index (χ4v) is 3.50. The minimum Gasteiger partial charge on any atom is -0.466 e. The number of alkyl carbamates (subject to hydrolysis) is 1. The van der Waals surface area contributed by atoms with E-state index in [2.05, 4.69) is 10.6 Å². The molecular weight excluding hydrogens is 468 g/mol. The number of likely N-dealkylation sites (N-methyl/N-ethyl adjacent to an activating group) is 1. The van der Waals surface area contributed by atoms with Gasteiger partial charge in [-0.25, -0.2) is 4.79 Å². The molecule has 0 aliphatic carbocycles. The maximum atomic E-state index is 13.4. The molecule has 1 aromatic carbocycles. The van der Waals surface area contributed by atoms with Gasteiger partial charge in [-0.15, -0.1) is 0 Å². The van der Waals surface area contributed by atoms with E-state index in [-0.39, 0.29) is 19.6 Å². The van der Waals surface area contributed by atoms with E-state index in [0.717, 1.165) is 16.0 Å². The summed E-state index contributed by atoms with van der Waals surface area (Å²) >= 11 is 0. The molecule has 0 spiro atoms. The first-order valence-electron chi connectivity index (χ1n) is 11.7. The molecule has 0 bridgehead atoms. The van der Waals surface area contributed by atoms with Crippen LogP contribution in [0.25, 0.3) is 0 Å². The maximum absolute atomic E-state index is 13.4. The monoisotopic (exact) mass is 506 g/mol. The average Bonchev–Trinajstić information content (AvgIpc) is 2.72. The van der Waals surface area contributed by atoms with E-state index in [0.29, 0.717) is 5.56 Å². The second kappa shape index (κ2) is 13.5. The lowest BCUT2D eigenvalue weighted by atomic mass is 9.96. The Morgan fingerprint density at radius 2 is 1.75 bits per heavy atom. The summed E-state index contributed by atoms with van der Waals surface area (Å²) in [6.07, 6.45) is -1.44. The molecule has 11 heteroatoms. The van der Waals surface area contributed by atoms with Crippen molar-refractivity contribution in [3.05, 3.63) is 34.9 Å². The molecule has 0 radical (unpaired) electrons. The van der Waals surface area contributed by atoms with Gasteiger partial charge in [0.25, 0.3) is 0 Å². The van der Waals surface area contributed by atoms with Gasteiger partial charge in [-0.2, -0.15) is 0 Å². The number of hydrogen-bond acceptors (Lipinski definition) is 7. The van der Waals surface area contributed by atoms with Gasteiger partial charge in [-0.3, -0.25) is 19.2 Å². The van der Waals surface area contributed by atoms with Crippen LogP contribution < -0.4 is 16.4 Å². The highest BCUT2D eigenvalue weighted by Gasteiger charge is 2.35. The van der Waals surface area contributed by atoms with E-state index in [1.165, 1.54) is 7.05 Å². The number of nitrogens with two attached hydrogens (primary N) is 1. The van der Waals surface area contributed by atoms with Crippen LogP contribution >= 0.6 is 0 Å². The number of nitrogens with zero attached hydrogens (tertiary/aromatic N) is 1. The number of ether oxygens (including phenoxy) is 2. The zero-order valence-corrected chi connectivity index (χ0v) is 22.1. The van der Waals surface area contributed by atoms with Crippen LogP contribution in [0.1, 0.15) is 63.3 Å². The molecule has 4 N–H and O–H groups in total. The van der Waals surface area contributed by atoms with Crippen LogP contribution in [0.2, 0.25) is 0 Å². The van der Waals surface area contributed by atoms with Crippen molar-refractivity contribution in [3.8, 4) is 0 Å². The van der Waals surface area contributed by atoms with Gasteiger partial charge in [0.2, 0.25) is 17.7 Å². The van der Waals surface area contributed by atoms with E-state index >= 15 is 0 Å². The Bertz CT molecular complexity index is 972. The van der Waals surface area contributed by atoms with E-state index in [1.54, 1.807) is 46.8 Å². The Balaban J connectivity index is 3.25. The Morgan fingerprint density at radius 1 is 1.11 bits per heavy atom. The molecular formula is C25H38N4O7. The summed E-state index contributed by atoms with van der Waals surface area (Å²) in [6, 6.07) is 2.93. The molecule has 0 fully saturated rings. The molecule has 0 aromatic heterocycles. The molecule has 1 rings (SSSR count). The summed E-state index contributed by atoms with van der Waals surface area (Å²) in [7, 11) is 1.39. The minimum absolute atomic E-state index is 0.00196. The Labute approximate surface area is 212 Å². The van der Waals surface area contributed by atoms with Gasteiger partial charge in [0.1, 0.15) is 17.7 Å². The van der Waals surface area contributed by atoms with Crippen molar-refractivity contribution in [2.75, 3.05) is 20.2 Å². The summed E-state index contributed by atoms with van der Waals surface area (Å²) in [5, 5.41) is 5.04. The normalized spacial score (nSPS) is 12.6. The number of benzene rings is 1. The molecule has 2 unspecified atom stereocenters. The molecule has 0 aliphatic heterocycles. The van der Waals surface area contributed by atoms with E-state index in [4.69, 9.17) is 15.2 Å². The van der Waals surface area contributed by atoms with Gasteiger partial charge in [0, 0.05) is 13.6 Å². The Hall–Kier alpha value is -3.63. The topological polar surface area (TPSA) is 157 Å². The van der Waals surface area contributed by atoms with Crippen LogP contribution in [0.4, 0.5) is 4.79 Å². The molecule has 4 amide bonds. The summed E-state index contributed by atoms with van der Waals surface area (Å²) in [5.41, 5.74) is 6.74. The summed E-state index contributed by atoms with van der Waals surface area (Å²) < 4.78 is 10.1. The molecule has 2 atom stereocenters. The van der Waals surface area contributed by atoms with Crippen LogP contribution in [-0.4, -0.2) is 66.5 Å². The van der Waals surface area contributed by atoms with Crippen molar-refractivity contribution in [2.45, 2.75) is 72.1 Å². The van der Waals surface area contributed by atoms with Crippen molar-refractivity contribution in [3.63, 3.8) is 0 Å². The SMILES string of the molecule is CCOC(=O)CCNC(=O)C(c1ccc(C)cc1C)N(C)C(=O)C(CC(N)=O)NC(=O)OC(C)(C)C. The molecule has 0 saturated heterocycles. The van der Waals surface area contributed by atoms with Crippen LogP contribution in [0.3, 0.4) is 0 Å². The van der Waals surface area contributed by atoms with Gasteiger partial charge in [0.05, 0.1) is 19.4 Å². The summed E-state index contributed by atoms with van der Waals surface area (Å²) in [4.78, 5) is 63.5. The standard InChI is InChI=1S/C25H38N4O7/c1-8-35-20(31)11-12-27-22(32)21(17-10-9-15(2)13-16(17)3)29(7)23(33)18(14-19(26)30)28-24(34)36-25(4,5)6/h9-10,13,18,21H,8,11-12,14H2,1-7H3,(H2,26,30)(H,27,32)(H,28,34). The predicted molar refractivity (Wildman–Crippen MR) is 133 cm³/mol. The summed E-state index contributed by atoms with van der Waals surface area (Å²) in [5.74, 6) is -2.55. The van der Waals surface area contributed by atoms with Crippen LogP contribution in [0.5, 0.6) is 0 Å². The van der Waals surface area contributed by atoms with Crippen LogP contribution in [-0.2, 0) is 28.7 Å². The number of carbonyl (C=O) groups excluding carboxylic acids is 5. The largest absolute Gasteiger partial charge is 0.466 e. The lowest BCUT2D eigenvalue weighted by Gasteiger charge is -2.32. The molecule has 200 valence electrons. The molecule has 0 heterocycles. The van der Waals surface area contributed by atoms with Crippen molar-refractivity contribution in [1.82, 2.24) is 15.5 Å². The first kappa shape index (κ1) is 30.4. The number of aryl methyl sites for hydroxylation is 2. The number of hydrogen-bond donors (Lipinski definition) is 3. The van der Waals surface area contributed by atoms with Crippen molar-refractivity contribution >= 4 is 29.8 Å². The van der Waals surface area contributed by atoms with Gasteiger partial charge in [-0.1, -0.05) is 23.8 Å². The van der Waals surface area contributed by atoms with Crippen LogP contribution in [0.15, 0.2) is 18.2 Å². The number of amides is 4. The maximum Gasteiger partial charge on any atom is 0.408 e. The quantitative estimate of drug-likeness (QED) is 0.385. The van der Waals surface area contributed by atoms with Gasteiger partial charge < -0.3 is 30.7 Å². The fraction of sp³-hybridized carbons (Fsp3) is 0.560. The highest BCUT2D eigenvalue weighted by Crippen LogP contribution is 2.25. The van der Waals surface area contributed by atoms with Crippen molar-refractivity contribution < 1.29 is 33.4 Å². The third-order valence-corrected chi connectivity index (χ3v) is 5.03. The first-order valence-corrected chi connectivity index (χ1v) is 11.7. The lowest BCUT2D eigenvalue weighted by molar-refractivity contribution is -0.144. The number of carbonyl (C=O) groups is 5. The zero-order chi connectivity index (χ0) is 27.6. The van der Waals surface area contributed by atoms with Gasteiger partial charge in [0.15, 0.2) is 0 Å². The smallest absolute Gasteiger partial charge is 0.408 e. The van der Waals surface area contributed by atoms with E-state index < -0.39 is 53.9 Å². The summed E-state index contributed by atoms with van der Waals surface area (Å²) in [6.45, 7) is 10.6. The van der Waals surface area contributed by atoms with Gasteiger partial charge >= 0.3 is 12.1 Å². The lowest BCUT2D eigenvalue weighted by Crippen LogP contribution is -2.53. The first-order chi connectivity index (χ1) is 16.7. The predicted octanol–water partition coefficient (Wildman–Crippen LogP) is 1.64. The van der Waals surface area contributed by atoms with E-state index in [9.17, 15) is 24.0 Å². The highest BCUT2D eigenvalue weighted by molar-refractivity contribution is 5.94. The highest BCUT2D eigenvalue weighted by atomic mass is 16.6. The number of rotatable bonds is 11. The molecule has 11 nitrogen and oxygen atoms in total. The number of nitrogens with one attached hydrogen (secondary N) is 2. The fourth-order valence-electron chi connectivity index (χ4n) is 3.50. The van der Waals surface area contributed by atoms with Crippen LogP contribution in [0, 0.1) is 13.8 Å². The molecule has 0 aliphatic rings. The third-order valence-electron chi connectivity index (χ3n) is 5.03.